The Kier molecular flexibility index (Phi) is 3.37. The van der Waals surface area contributed by atoms with Crippen molar-refractivity contribution in [2.24, 2.45) is 0 Å². The van der Waals surface area contributed by atoms with Crippen molar-refractivity contribution in [1.29, 1.82) is 0 Å². The molecule has 90 valence electrons. The summed E-state index contributed by atoms with van der Waals surface area (Å²) in [5, 5.41) is 11.6. The van der Waals surface area contributed by atoms with E-state index in [1.54, 1.807) is 0 Å². The van der Waals surface area contributed by atoms with E-state index in [4.69, 9.17) is 0 Å². The number of nitrogens with one attached hydrogen (secondary N) is 1. The Hall–Kier alpha value is -1.91. The number of pyridine rings is 1. The molecule has 2 aromatic rings. The second kappa shape index (κ2) is 4.95. The highest BCUT2D eigenvalue weighted by Gasteiger charge is 2.11. The molecule has 0 amide bonds. The van der Waals surface area contributed by atoms with Crippen LogP contribution in [0, 0.1) is 6.92 Å². The maximum atomic E-state index is 4.23. The minimum absolute atomic E-state index is 0.812. The lowest BCUT2D eigenvalue weighted by Crippen LogP contribution is -2.07. The molecule has 0 saturated carbocycles. The molecule has 0 aliphatic rings. The first-order valence-corrected chi connectivity index (χ1v) is 5.85. The normalized spacial score (nSPS) is 10.5. The minimum Gasteiger partial charge on any atom is -0.355 e. The Balaban J connectivity index is 2.45. The lowest BCUT2D eigenvalue weighted by atomic mass is 10.2. The summed E-state index contributed by atoms with van der Waals surface area (Å²) in [6.45, 7) is 7.82. The van der Waals surface area contributed by atoms with Gasteiger partial charge in [0.05, 0.1) is 0 Å². The molecule has 0 bridgehead atoms. The van der Waals surface area contributed by atoms with E-state index in [2.05, 4.69) is 38.1 Å². The average molecular weight is 231 g/mol. The molecule has 0 aliphatic carbocycles. The first-order chi connectivity index (χ1) is 8.26. The molecule has 5 heteroatoms. The number of hydrogen-bond donors (Lipinski definition) is 1. The van der Waals surface area contributed by atoms with Crippen LogP contribution in [0.3, 0.4) is 0 Å². The number of hydrogen-bond acceptors (Lipinski definition) is 4. The van der Waals surface area contributed by atoms with E-state index in [-0.39, 0.29) is 0 Å². The summed E-state index contributed by atoms with van der Waals surface area (Å²) in [6.07, 6.45) is 3.65. The van der Waals surface area contributed by atoms with Crippen molar-refractivity contribution in [2.75, 3.05) is 11.9 Å². The van der Waals surface area contributed by atoms with Gasteiger partial charge in [0, 0.05) is 31.0 Å². The summed E-state index contributed by atoms with van der Waals surface area (Å²) in [5.41, 5.74) is 2.13. The van der Waals surface area contributed by atoms with Gasteiger partial charge in [-0.15, -0.1) is 10.2 Å². The molecular formula is C12H17N5. The Bertz CT molecular complexity index is 503. The van der Waals surface area contributed by atoms with Crippen molar-refractivity contribution >= 4 is 5.95 Å². The molecule has 1 N–H and O–H groups in total. The van der Waals surface area contributed by atoms with E-state index in [1.807, 2.05) is 26.2 Å². The predicted molar refractivity (Wildman–Crippen MR) is 67.8 cm³/mol. The van der Waals surface area contributed by atoms with Crippen molar-refractivity contribution in [1.82, 2.24) is 19.7 Å². The van der Waals surface area contributed by atoms with Gasteiger partial charge in [-0.2, -0.15) is 0 Å². The summed E-state index contributed by atoms with van der Waals surface area (Å²) in [7, 11) is 0. The summed E-state index contributed by atoms with van der Waals surface area (Å²) in [5.74, 6) is 1.67. The van der Waals surface area contributed by atoms with Gasteiger partial charge < -0.3 is 5.32 Å². The van der Waals surface area contributed by atoms with Crippen molar-refractivity contribution in [3.63, 3.8) is 0 Å². The van der Waals surface area contributed by atoms with Crippen LogP contribution >= 0.6 is 0 Å². The predicted octanol–water partition coefficient (Wildman–Crippen LogP) is 2.10. The van der Waals surface area contributed by atoms with Crippen LogP contribution in [0.4, 0.5) is 5.95 Å². The van der Waals surface area contributed by atoms with Gasteiger partial charge in [0.1, 0.15) is 0 Å². The van der Waals surface area contributed by atoms with Crippen molar-refractivity contribution in [3.8, 4) is 11.4 Å². The van der Waals surface area contributed by atoms with Gasteiger partial charge in [0.2, 0.25) is 5.95 Å². The zero-order valence-electron chi connectivity index (χ0n) is 10.4. The van der Waals surface area contributed by atoms with Gasteiger partial charge in [-0.05, 0) is 32.4 Å². The van der Waals surface area contributed by atoms with Crippen molar-refractivity contribution in [2.45, 2.75) is 27.3 Å². The Morgan fingerprint density at radius 3 is 2.71 bits per heavy atom. The second-order valence-corrected chi connectivity index (χ2v) is 3.87. The van der Waals surface area contributed by atoms with Crippen LogP contribution in [0.1, 0.15) is 19.4 Å². The minimum atomic E-state index is 0.812. The quantitative estimate of drug-likeness (QED) is 0.875. The van der Waals surface area contributed by atoms with Crippen LogP contribution in [0.25, 0.3) is 11.4 Å². The molecule has 0 atom stereocenters. The molecule has 0 fully saturated rings. The third kappa shape index (κ3) is 2.27. The van der Waals surface area contributed by atoms with Crippen LogP contribution in [-0.4, -0.2) is 26.3 Å². The third-order valence-electron chi connectivity index (χ3n) is 2.54. The van der Waals surface area contributed by atoms with Crippen LogP contribution < -0.4 is 5.32 Å². The molecule has 5 nitrogen and oxygen atoms in total. The molecule has 0 saturated heterocycles. The summed E-state index contributed by atoms with van der Waals surface area (Å²) >= 11 is 0. The Morgan fingerprint density at radius 1 is 1.24 bits per heavy atom. The van der Waals surface area contributed by atoms with E-state index in [0.717, 1.165) is 36.0 Å². The molecule has 2 heterocycles. The SMILES string of the molecule is CCNc1nnc(-c2cncc(C)c2)n1CC. The number of anilines is 1. The average Bonchev–Trinajstić information content (AvgIpc) is 2.72. The lowest BCUT2D eigenvalue weighted by molar-refractivity contribution is 0.770. The molecule has 2 rings (SSSR count). The van der Waals surface area contributed by atoms with E-state index in [1.165, 1.54) is 0 Å². The fraction of sp³-hybridized carbons (Fsp3) is 0.417. The summed E-state index contributed by atoms with van der Waals surface area (Å²) < 4.78 is 2.06. The molecular weight excluding hydrogens is 214 g/mol. The van der Waals surface area contributed by atoms with Crippen LogP contribution in [0.5, 0.6) is 0 Å². The van der Waals surface area contributed by atoms with Gasteiger partial charge >= 0.3 is 0 Å². The largest absolute Gasteiger partial charge is 0.355 e. The summed E-state index contributed by atoms with van der Waals surface area (Å²) in [4.78, 5) is 4.19. The van der Waals surface area contributed by atoms with E-state index in [9.17, 15) is 0 Å². The molecule has 0 aliphatic heterocycles. The van der Waals surface area contributed by atoms with Gasteiger partial charge in [-0.3, -0.25) is 9.55 Å². The first kappa shape index (κ1) is 11.6. The van der Waals surface area contributed by atoms with Gasteiger partial charge in [0.15, 0.2) is 5.82 Å². The first-order valence-electron chi connectivity index (χ1n) is 5.85. The molecule has 2 aromatic heterocycles. The van der Waals surface area contributed by atoms with Gasteiger partial charge in [-0.25, -0.2) is 0 Å². The third-order valence-corrected chi connectivity index (χ3v) is 2.54. The fourth-order valence-corrected chi connectivity index (χ4v) is 1.78. The van der Waals surface area contributed by atoms with Crippen LogP contribution in [-0.2, 0) is 6.54 Å². The topological polar surface area (TPSA) is 55.6 Å². The maximum absolute atomic E-state index is 4.23. The lowest BCUT2D eigenvalue weighted by Gasteiger charge is -2.07. The van der Waals surface area contributed by atoms with E-state index < -0.39 is 0 Å². The highest BCUT2D eigenvalue weighted by molar-refractivity contribution is 5.56. The Morgan fingerprint density at radius 2 is 2.06 bits per heavy atom. The smallest absolute Gasteiger partial charge is 0.224 e. The fourth-order valence-electron chi connectivity index (χ4n) is 1.78. The van der Waals surface area contributed by atoms with E-state index in [0.29, 0.717) is 0 Å². The molecule has 0 aromatic carbocycles. The van der Waals surface area contributed by atoms with Crippen LogP contribution in [0.15, 0.2) is 18.5 Å². The molecule has 0 unspecified atom stereocenters. The standard InChI is InChI=1S/C12H17N5/c1-4-14-12-16-15-11(17(12)5-2)10-6-9(3)7-13-8-10/h6-8H,4-5H2,1-3H3,(H,14,16). The van der Waals surface area contributed by atoms with Crippen molar-refractivity contribution in [3.05, 3.63) is 24.0 Å². The number of aromatic nitrogens is 4. The summed E-state index contributed by atoms with van der Waals surface area (Å²) in [6, 6.07) is 2.07. The second-order valence-electron chi connectivity index (χ2n) is 3.87. The highest BCUT2D eigenvalue weighted by atomic mass is 15.3. The molecule has 0 spiro atoms. The number of aryl methyl sites for hydroxylation is 1. The molecule has 17 heavy (non-hydrogen) atoms. The zero-order valence-corrected chi connectivity index (χ0v) is 10.4. The highest BCUT2D eigenvalue weighted by Crippen LogP contribution is 2.20. The number of nitrogens with zero attached hydrogens (tertiary/aromatic N) is 4. The van der Waals surface area contributed by atoms with Gasteiger partial charge in [-0.1, -0.05) is 0 Å². The Labute approximate surface area is 101 Å². The van der Waals surface area contributed by atoms with Crippen LogP contribution in [0.2, 0.25) is 0 Å². The van der Waals surface area contributed by atoms with Gasteiger partial charge in [0.25, 0.3) is 0 Å². The zero-order chi connectivity index (χ0) is 12.3. The van der Waals surface area contributed by atoms with Crippen molar-refractivity contribution < 1.29 is 0 Å². The number of rotatable bonds is 4. The monoisotopic (exact) mass is 231 g/mol. The maximum Gasteiger partial charge on any atom is 0.224 e. The van der Waals surface area contributed by atoms with E-state index >= 15 is 0 Å². The molecule has 0 radical (unpaired) electrons.